The van der Waals surface area contributed by atoms with Crippen molar-refractivity contribution in [3.05, 3.63) is 0 Å². The Balaban J connectivity index is 1.92. The first-order valence-corrected chi connectivity index (χ1v) is 5.81. The van der Waals surface area contributed by atoms with Crippen LogP contribution in [0.2, 0.25) is 0 Å². The summed E-state index contributed by atoms with van der Waals surface area (Å²) in [5.74, 6) is 0.370. The molecule has 3 atom stereocenters. The summed E-state index contributed by atoms with van der Waals surface area (Å²) in [6.45, 7) is 2.19. The number of nitrogens with one attached hydrogen (secondary N) is 1. The number of amides is 1. The molecule has 3 aliphatic rings. The molecule has 2 aliphatic heterocycles. The number of rotatable bonds is 0. The first-order valence-electron chi connectivity index (χ1n) is 5.81. The topological polar surface area (TPSA) is 32.3 Å². The van der Waals surface area contributed by atoms with Crippen LogP contribution in [0.4, 0.5) is 0 Å². The van der Waals surface area contributed by atoms with Gasteiger partial charge >= 0.3 is 0 Å². The van der Waals surface area contributed by atoms with E-state index in [1.54, 1.807) is 0 Å². The van der Waals surface area contributed by atoms with Gasteiger partial charge in [-0.05, 0) is 26.2 Å². The highest BCUT2D eigenvalue weighted by atomic mass is 16.2. The molecule has 0 spiro atoms. The van der Waals surface area contributed by atoms with Crippen LogP contribution in [0.15, 0.2) is 0 Å². The second kappa shape index (κ2) is 2.72. The lowest BCUT2D eigenvalue weighted by molar-refractivity contribution is -0.132. The maximum absolute atomic E-state index is 11.8. The van der Waals surface area contributed by atoms with Crippen molar-refractivity contribution < 1.29 is 4.79 Å². The second-order valence-electron chi connectivity index (χ2n) is 5.14. The average Bonchev–Trinajstić information content (AvgIpc) is 2.60. The van der Waals surface area contributed by atoms with Gasteiger partial charge in [-0.2, -0.15) is 0 Å². The molecule has 3 rings (SSSR count). The Morgan fingerprint density at radius 2 is 2.21 bits per heavy atom. The van der Waals surface area contributed by atoms with E-state index in [1.165, 1.54) is 25.7 Å². The fourth-order valence-electron chi connectivity index (χ4n) is 3.55. The lowest BCUT2D eigenvalue weighted by atomic mass is 9.91. The molecule has 1 aliphatic carbocycles. The van der Waals surface area contributed by atoms with Gasteiger partial charge in [0.2, 0.25) is 5.91 Å². The molecule has 0 aromatic heterocycles. The van der Waals surface area contributed by atoms with E-state index < -0.39 is 0 Å². The normalized spacial score (nSPS) is 46.6. The van der Waals surface area contributed by atoms with Gasteiger partial charge in [-0.3, -0.25) is 10.1 Å². The van der Waals surface area contributed by atoms with Crippen LogP contribution < -0.4 is 5.32 Å². The fraction of sp³-hybridized carbons (Fsp3) is 0.909. The van der Waals surface area contributed by atoms with Crippen molar-refractivity contribution in [3.8, 4) is 0 Å². The molecule has 1 N–H and O–H groups in total. The highest BCUT2D eigenvalue weighted by Gasteiger charge is 2.54. The monoisotopic (exact) mass is 194 g/mol. The minimum atomic E-state index is -0.00322. The van der Waals surface area contributed by atoms with Gasteiger partial charge in [0.15, 0.2) is 0 Å². The molecule has 2 heterocycles. The Bertz CT molecular complexity index is 278. The third-order valence-corrected chi connectivity index (χ3v) is 4.18. The first-order chi connectivity index (χ1) is 6.71. The van der Waals surface area contributed by atoms with E-state index in [0.717, 1.165) is 12.8 Å². The molecule has 2 saturated heterocycles. The Morgan fingerprint density at radius 1 is 1.43 bits per heavy atom. The molecule has 78 valence electrons. The zero-order valence-corrected chi connectivity index (χ0v) is 8.75. The smallest absolute Gasteiger partial charge is 0.224 e. The first kappa shape index (κ1) is 8.72. The molecule has 14 heavy (non-hydrogen) atoms. The molecule has 0 aromatic rings. The van der Waals surface area contributed by atoms with Crippen LogP contribution in [0, 0.1) is 0 Å². The molecule has 3 fully saturated rings. The van der Waals surface area contributed by atoms with E-state index in [1.807, 2.05) is 0 Å². The molecule has 0 unspecified atom stereocenters. The van der Waals surface area contributed by atoms with Crippen LogP contribution in [-0.4, -0.2) is 28.6 Å². The molecule has 0 aromatic carbocycles. The molecule has 3 nitrogen and oxygen atoms in total. The molecular formula is C11H18N2O. The lowest BCUT2D eigenvalue weighted by Crippen LogP contribution is -2.47. The van der Waals surface area contributed by atoms with Crippen molar-refractivity contribution >= 4 is 5.91 Å². The third-order valence-electron chi connectivity index (χ3n) is 4.18. The minimum Gasteiger partial charge on any atom is -0.320 e. The largest absolute Gasteiger partial charge is 0.320 e. The van der Waals surface area contributed by atoms with E-state index in [9.17, 15) is 4.79 Å². The molecule has 0 bridgehead atoms. The predicted octanol–water partition coefficient (Wildman–Crippen LogP) is 1.24. The van der Waals surface area contributed by atoms with Gasteiger partial charge in [0.05, 0.1) is 5.66 Å². The lowest BCUT2D eigenvalue weighted by Gasteiger charge is -2.32. The van der Waals surface area contributed by atoms with Crippen molar-refractivity contribution in [2.45, 2.75) is 63.2 Å². The highest BCUT2D eigenvalue weighted by molar-refractivity contribution is 5.80. The summed E-state index contributed by atoms with van der Waals surface area (Å²) in [5.41, 5.74) is -0.00322. The maximum atomic E-state index is 11.8. The summed E-state index contributed by atoms with van der Waals surface area (Å²) in [6, 6.07) is 1.08. The zero-order chi connectivity index (χ0) is 9.76. The number of hydrogen-bond acceptors (Lipinski definition) is 2. The Morgan fingerprint density at radius 3 is 3.07 bits per heavy atom. The van der Waals surface area contributed by atoms with Crippen LogP contribution in [0.5, 0.6) is 0 Å². The van der Waals surface area contributed by atoms with Gasteiger partial charge < -0.3 is 4.90 Å². The van der Waals surface area contributed by atoms with Crippen molar-refractivity contribution in [1.29, 1.82) is 0 Å². The summed E-state index contributed by atoms with van der Waals surface area (Å²) < 4.78 is 0. The van der Waals surface area contributed by atoms with E-state index in [2.05, 4.69) is 17.1 Å². The molecule has 1 amide bonds. The summed E-state index contributed by atoms with van der Waals surface area (Å²) in [7, 11) is 0. The third kappa shape index (κ3) is 0.991. The number of carbonyl (C=O) groups is 1. The summed E-state index contributed by atoms with van der Waals surface area (Å²) in [5, 5.41) is 3.67. The molecular weight excluding hydrogens is 176 g/mol. The van der Waals surface area contributed by atoms with E-state index in [4.69, 9.17) is 0 Å². The zero-order valence-electron chi connectivity index (χ0n) is 8.75. The maximum Gasteiger partial charge on any atom is 0.224 e. The van der Waals surface area contributed by atoms with Gasteiger partial charge in [0, 0.05) is 18.5 Å². The number of hydrogen-bond donors (Lipinski definition) is 1. The fourth-order valence-corrected chi connectivity index (χ4v) is 3.55. The summed E-state index contributed by atoms with van der Waals surface area (Å²) in [4.78, 5) is 14.0. The predicted molar refractivity (Wildman–Crippen MR) is 53.7 cm³/mol. The van der Waals surface area contributed by atoms with Crippen LogP contribution >= 0.6 is 0 Å². The summed E-state index contributed by atoms with van der Waals surface area (Å²) in [6.07, 6.45) is 6.82. The highest BCUT2D eigenvalue weighted by Crippen LogP contribution is 2.41. The van der Waals surface area contributed by atoms with Gasteiger partial charge in [-0.25, -0.2) is 0 Å². The van der Waals surface area contributed by atoms with Crippen LogP contribution in [0.25, 0.3) is 0 Å². The van der Waals surface area contributed by atoms with Crippen molar-refractivity contribution in [1.82, 2.24) is 10.2 Å². The van der Waals surface area contributed by atoms with Gasteiger partial charge in [-0.1, -0.05) is 12.8 Å². The van der Waals surface area contributed by atoms with Gasteiger partial charge in [-0.15, -0.1) is 0 Å². The number of nitrogens with zero attached hydrogens (tertiary/aromatic N) is 1. The second-order valence-corrected chi connectivity index (χ2v) is 5.14. The van der Waals surface area contributed by atoms with Gasteiger partial charge in [0.25, 0.3) is 0 Å². The van der Waals surface area contributed by atoms with Crippen molar-refractivity contribution in [2.75, 3.05) is 0 Å². The SMILES string of the molecule is C[C@]12CCC(=O)N1[C@H]1CCCC[C@H]1N2. The number of carbonyl (C=O) groups excluding carboxylic acids is 1. The summed E-state index contributed by atoms with van der Waals surface area (Å²) >= 11 is 0. The van der Waals surface area contributed by atoms with E-state index in [-0.39, 0.29) is 5.66 Å². The van der Waals surface area contributed by atoms with Crippen molar-refractivity contribution in [3.63, 3.8) is 0 Å². The molecule has 0 radical (unpaired) electrons. The Hall–Kier alpha value is -0.570. The average molecular weight is 194 g/mol. The minimum absolute atomic E-state index is 0.00322. The van der Waals surface area contributed by atoms with E-state index >= 15 is 0 Å². The Kier molecular flexibility index (Phi) is 1.69. The van der Waals surface area contributed by atoms with Crippen LogP contribution in [0.3, 0.4) is 0 Å². The van der Waals surface area contributed by atoms with E-state index in [0.29, 0.717) is 18.0 Å². The molecule has 1 saturated carbocycles. The standard InChI is InChI=1S/C11H18N2O/c1-11-7-6-10(14)13(11)9-5-3-2-4-8(9)12-11/h8-9,12H,2-7H2,1H3/t8-,9+,11-/m1/s1. The van der Waals surface area contributed by atoms with Crippen molar-refractivity contribution in [2.24, 2.45) is 0 Å². The van der Waals surface area contributed by atoms with Gasteiger partial charge in [0.1, 0.15) is 0 Å². The Labute approximate surface area is 84.8 Å². The van der Waals surface area contributed by atoms with Crippen LogP contribution in [0.1, 0.15) is 45.4 Å². The quantitative estimate of drug-likeness (QED) is 0.629. The number of fused-ring (bicyclic) bond motifs is 3. The van der Waals surface area contributed by atoms with Crippen LogP contribution in [-0.2, 0) is 4.79 Å². The molecule has 3 heteroatoms.